The number of halogens is 2. The molecule has 22 heavy (non-hydrogen) atoms. The lowest BCUT2D eigenvalue weighted by Crippen LogP contribution is -2.37. The van der Waals surface area contributed by atoms with E-state index in [-0.39, 0.29) is 11.7 Å². The fraction of sp³-hybridized carbons (Fsp3) is 0.235. The Bertz CT molecular complexity index is 705. The molecule has 1 aliphatic rings. The van der Waals surface area contributed by atoms with Crippen LogP contribution in [0.25, 0.3) is 0 Å². The van der Waals surface area contributed by atoms with Crippen molar-refractivity contribution >= 4 is 17.7 Å². The lowest BCUT2D eigenvalue weighted by Gasteiger charge is -2.28. The molecule has 1 aliphatic heterocycles. The van der Waals surface area contributed by atoms with Crippen molar-refractivity contribution in [2.75, 3.05) is 12.3 Å². The van der Waals surface area contributed by atoms with Crippen LogP contribution in [0.4, 0.5) is 8.78 Å². The SMILES string of the molecule is O=C(CSc1ccc(F)c(F)c1)N1CCc2ccccc2C1. The van der Waals surface area contributed by atoms with Gasteiger partial charge in [0.05, 0.1) is 5.75 Å². The third-order valence-electron chi connectivity index (χ3n) is 3.74. The Morgan fingerprint density at radius 3 is 2.64 bits per heavy atom. The number of benzene rings is 2. The average molecular weight is 319 g/mol. The van der Waals surface area contributed by atoms with E-state index >= 15 is 0 Å². The van der Waals surface area contributed by atoms with Crippen LogP contribution in [-0.2, 0) is 17.8 Å². The van der Waals surface area contributed by atoms with Crippen LogP contribution in [-0.4, -0.2) is 23.1 Å². The normalized spacial score (nSPS) is 13.8. The van der Waals surface area contributed by atoms with E-state index in [1.165, 1.54) is 29.0 Å². The first-order chi connectivity index (χ1) is 10.6. The lowest BCUT2D eigenvalue weighted by atomic mass is 10.00. The van der Waals surface area contributed by atoms with Gasteiger partial charge in [0.25, 0.3) is 0 Å². The maximum Gasteiger partial charge on any atom is 0.233 e. The van der Waals surface area contributed by atoms with Crippen LogP contribution in [0.1, 0.15) is 11.1 Å². The van der Waals surface area contributed by atoms with Crippen LogP contribution in [0.2, 0.25) is 0 Å². The molecule has 0 aromatic heterocycles. The molecular formula is C17H15F2NOS. The van der Waals surface area contributed by atoms with E-state index in [9.17, 15) is 13.6 Å². The summed E-state index contributed by atoms with van der Waals surface area (Å²) >= 11 is 1.23. The number of rotatable bonds is 3. The smallest absolute Gasteiger partial charge is 0.233 e. The molecule has 0 saturated carbocycles. The van der Waals surface area contributed by atoms with Crippen molar-refractivity contribution in [2.45, 2.75) is 17.9 Å². The largest absolute Gasteiger partial charge is 0.337 e. The molecule has 114 valence electrons. The van der Waals surface area contributed by atoms with Gasteiger partial charge in [-0.1, -0.05) is 24.3 Å². The van der Waals surface area contributed by atoms with Gasteiger partial charge in [0.1, 0.15) is 0 Å². The predicted molar refractivity (Wildman–Crippen MR) is 82.6 cm³/mol. The molecule has 0 bridgehead atoms. The summed E-state index contributed by atoms with van der Waals surface area (Å²) in [4.78, 5) is 14.6. The molecule has 2 aromatic rings. The Kier molecular flexibility index (Phi) is 4.43. The van der Waals surface area contributed by atoms with E-state index in [1.54, 1.807) is 0 Å². The summed E-state index contributed by atoms with van der Waals surface area (Å²) in [7, 11) is 0. The second kappa shape index (κ2) is 6.48. The molecule has 0 N–H and O–H groups in total. The van der Waals surface area contributed by atoms with Crippen molar-refractivity contribution in [3.8, 4) is 0 Å². The molecule has 5 heteroatoms. The van der Waals surface area contributed by atoms with E-state index in [2.05, 4.69) is 6.07 Å². The van der Waals surface area contributed by atoms with Gasteiger partial charge in [-0.25, -0.2) is 8.78 Å². The zero-order chi connectivity index (χ0) is 15.5. The monoisotopic (exact) mass is 319 g/mol. The Labute approximate surface area is 132 Å². The Morgan fingerprint density at radius 2 is 1.86 bits per heavy atom. The molecule has 1 amide bonds. The first kappa shape index (κ1) is 15.0. The summed E-state index contributed by atoms with van der Waals surface area (Å²) in [5, 5.41) is 0. The van der Waals surface area contributed by atoms with Crippen LogP contribution >= 0.6 is 11.8 Å². The van der Waals surface area contributed by atoms with Gasteiger partial charge in [-0.05, 0) is 35.7 Å². The van der Waals surface area contributed by atoms with Crippen LogP contribution in [0.3, 0.4) is 0 Å². The topological polar surface area (TPSA) is 20.3 Å². The van der Waals surface area contributed by atoms with Crippen molar-refractivity contribution in [3.05, 3.63) is 65.2 Å². The fourth-order valence-corrected chi connectivity index (χ4v) is 3.34. The standard InChI is InChI=1S/C17H15F2NOS/c18-15-6-5-14(9-16(15)19)22-11-17(21)20-8-7-12-3-1-2-4-13(12)10-20/h1-6,9H,7-8,10-11H2. The first-order valence-electron chi connectivity index (χ1n) is 7.06. The minimum atomic E-state index is -0.885. The molecule has 0 saturated heterocycles. The van der Waals surface area contributed by atoms with E-state index in [0.29, 0.717) is 18.0 Å². The van der Waals surface area contributed by atoms with Crippen LogP contribution in [0.15, 0.2) is 47.4 Å². The Balaban J connectivity index is 1.60. The van der Waals surface area contributed by atoms with E-state index in [0.717, 1.165) is 18.6 Å². The quantitative estimate of drug-likeness (QED) is 0.805. The summed E-state index contributed by atoms with van der Waals surface area (Å²) in [6, 6.07) is 11.8. The van der Waals surface area contributed by atoms with Gasteiger partial charge in [-0.15, -0.1) is 11.8 Å². The van der Waals surface area contributed by atoms with Crippen molar-refractivity contribution in [2.24, 2.45) is 0 Å². The number of amides is 1. The zero-order valence-corrected chi connectivity index (χ0v) is 12.7. The molecule has 3 rings (SSSR count). The van der Waals surface area contributed by atoms with E-state index in [1.807, 2.05) is 23.1 Å². The van der Waals surface area contributed by atoms with Gasteiger partial charge in [0.2, 0.25) is 5.91 Å². The molecule has 1 heterocycles. The summed E-state index contributed by atoms with van der Waals surface area (Å²) < 4.78 is 26.0. The summed E-state index contributed by atoms with van der Waals surface area (Å²) in [6.45, 7) is 1.32. The molecule has 0 atom stereocenters. The van der Waals surface area contributed by atoms with Crippen molar-refractivity contribution < 1.29 is 13.6 Å². The minimum absolute atomic E-state index is 0.0178. The Hall–Kier alpha value is -1.88. The summed E-state index contributed by atoms with van der Waals surface area (Å²) in [6.07, 6.45) is 0.859. The molecular weight excluding hydrogens is 304 g/mol. The predicted octanol–water partition coefficient (Wildman–Crippen LogP) is 3.64. The van der Waals surface area contributed by atoms with E-state index in [4.69, 9.17) is 0 Å². The van der Waals surface area contributed by atoms with Crippen LogP contribution in [0.5, 0.6) is 0 Å². The second-order valence-electron chi connectivity index (χ2n) is 5.20. The van der Waals surface area contributed by atoms with Gasteiger partial charge in [-0.3, -0.25) is 4.79 Å². The van der Waals surface area contributed by atoms with Gasteiger partial charge >= 0.3 is 0 Å². The molecule has 2 aromatic carbocycles. The third kappa shape index (κ3) is 3.30. The highest BCUT2D eigenvalue weighted by atomic mass is 32.2. The highest BCUT2D eigenvalue weighted by Crippen LogP contribution is 2.23. The molecule has 0 aliphatic carbocycles. The van der Waals surface area contributed by atoms with Crippen LogP contribution < -0.4 is 0 Å². The highest BCUT2D eigenvalue weighted by molar-refractivity contribution is 8.00. The number of thioether (sulfide) groups is 1. The van der Waals surface area contributed by atoms with Gasteiger partial charge in [-0.2, -0.15) is 0 Å². The second-order valence-corrected chi connectivity index (χ2v) is 6.25. The number of carbonyl (C=O) groups is 1. The average Bonchev–Trinajstić information content (AvgIpc) is 2.55. The minimum Gasteiger partial charge on any atom is -0.337 e. The number of carbonyl (C=O) groups excluding carboxylic acids is 1. The van der Waals surface area contributed by atoms with Crippen molar-refractivity contribution in [3.63, 3.8) is 0 Å². The number of hydrogen-bond acceptors (Lipinski definition) is 2. The van der Waals surface area contributed by atoms with Gasteiger partial charge in [0.15, 0.2) is 11.6 Å². The number of nitrogens with zero attached hydrogens (tertiary/aromatic N) is 1. The summed E-state index contributed by atoms with van der Waals surface area (Å²) in [5.41, 5.74) is 2.47. The van der Waals surface area contributed by atoms with Crippen molar-refractivity contribution in [1.82, 2.24) is 4.90 Å². The molecule has 0 unspecified atom stereocenters. The zero-order valence-electron chi connectivity index (χ0n) is 11.9. The third-order valence-corrected chi connectivity index (χ3v) is 4.72. The summed E-state index contributed by atoms with van der Waals surface area (Å²) in [5.74, 6) is -1.51. The molecule has 0 radical (unpaired) electrons. The first-order valence-corrected chi connectivity index (χ1v) is 8.04. The number of hydrogen-bond donors (Lipinski definition) is 0. The van der Waals surface area contributed by atoms with Crippen LogP contribution in [0, 0.1) is 11.6 Å². The number of fused-ring (bicyclic) bond motifs is 1. The van der Waals surface area contributed by atoms with Crippen molar-refractivity contribution in [1.29, 1.82) is 0 Å². The Morgan fingerprint density at radius 1 is 1.09 bits per heavy atom. The molecule has 2 nitrogen and oxygen atoms in total. The maximum atomic E-state index is 13.1. The van der Waals surface area contributed by atoms with E-state index < -0.39 is 11.6 Å². The lowest BCUT2D eigenvalue weighted by molar-refractivity contribution is -0.129. The molecule has 0 spiro atoms. The molecule has 0 fully saturated rings. The van der Waals surface area contributed by atoms with Gasteiger partial charge in [0, 0.05) is 18.0 Å². The van der Waals surface area contributed by atoms with Gasteiger partial charge < -0.3 is 4.90 Å². The maximum absolute atomic E-state index is 13.1. The fourth-order valence-electron chi connectivity index (χ4n) is 2.51. The highest BCUT2D eigenvalue weighted by Gasteiger charge is 2.20.